The molecule has 0 saturated heterocycles. The molecule has 0 aromatic heterocycles. The van der Waals surface area contributed by atoms with Gasteiger partial charge in [-0.2, -0.15) is 0 Å². The second-order valence-corrected chi connectivity index (χ2v) is 7.35. The summed E-state index contributed by atoms with van der Waals surface area (Å²) < 4.78 is 20.4. The molecule has 0 bridgehead atoms. The fourth-order valence-electron chi connectivity index (χ4n) is 3.26. The van der Waals surface area contributed by atoms with Crippen molar-refractivity contribution in [2.45, 2.75) is 43.0 Å². The van der Waals surface area contributed by atoms with Gasteiger partial charge in [0, 0.05) is 14.7 Å². The van der Waals surface area contributed by atoms with Crippen molar-refractivity contribution < 1.29 is 9.13 Å². The van der Waals surface area contributed by atoms with E-state index in [1.807, 2.05) is 6.07 Å². The number of hydrogen-bond donors (Lipinski definition) is 0. The molecule has 0 N–H and O–H groups in total. The Labute approximate surface area is 123 Å². The van der Waals surface area contributed by atoms with Gasteiger partial charge < -0.3 is 4.74 Å². The highest BCUT2D eigenvalue weighted by molar-refractivity contribution is 9.10. The first-order valence-electron chi connectivity index (χ1n) is 6.37. The van der Waals surface area contributed by atoms with Crippen LogP contribution in [-0.4, -0.2) is 10.9 Å². The minimum absolute atomic E-state index is 0.167. The topological polar surface area (TPSA) is 9.23 Å². The Balaban J connectivity index is 1.77. The van der Waals surface area contributed by atoms with E-state index in [0.717, 1.165) is 10.9 Å². The van der Waals surface area contributed by atoms with Crippen LogP contribution in [0.2, 0.25) is 0 Å². The van der Waals surface area contributed by atoms with Gasteiger partial charge in [-0.15, -0.1) is 0 Å². The van der Waals surface area contributed by atoms with Crippen LogP contribution in [0.15, 0.2) is 22.7 Å². The molecule has 1 aromatic carbocycles. The Bertz CT molecular complexity index is 457. The first kappa shape index (κ1) is 12.9. The number of hydrogen-bond acceptors (Lipinski definition) is 1. The predicted octanol–water partition coefficient (Wildman–Crippen LogP) is 5.06. The van der Waals surface area contributed by atoms with E-state index in [9.17, 15) is 4.39 Å². The second kappa shape index (κ2) is 4.78. The van der Waals surface area contributed by atoms with E-state index in [1.54, 1.807) is 6.07 Å². The maximum atomic E-state index is 13.8. The van der Waals surface area contributed by atoms with Crippen molar-refractivity contribution in [1.29, 1.82) is 0 Å². The van der Waals surface area contributed by atoms with Gasteiger partial charge in [-0.25, -0.2) is 4.39 Å². The van der Waals surface area contributed by atoms with E-state index in [-0.39, 0.29) is 17.3 Å². The maximum Gasteiger partial charge on any atom is 0.166 e. The molecule has 2 unspecified atom stereocenters. The van der Waals surface area contributed by atoms with Gasteiger partial charge in [-0.3, -0.25) is 0 Å². The van der Waals surface area contributed by atoms with E-state index < -0.39 is 0 Å². The second-order valence-electron chi connectivity index (χ2n) is 5.32. The average Bonchev–Trinajstić information content (AvgIpc) is 2.83. The molecule has 0 amide bonds. The summed E-state index contributed by atoms with van der Waals surface area (Å²) in [6, 6.07) is 4.99. The average molecular weight is 378 g/mol. The van der Waals surface area contributed by atoms with Crippen LogP contribution in [0.5, 0.6) is 5.75 Å². The van der Waals surface area contributed by atoms with Gasteiger partial charge in [0.2, 0.25) is 0 Å². The molecular formula is C14H15Br2FO. The highest BCUT2D eigenvalue weighted by Gasteiger charge is 2.56. The van der Waals surface area contributed by atoms with Crippen molar-refractivity contribution in [3.05, 3.63) is 28.5 Å². The van der Waals surface area contributed by atoms with Crippen molar-refractivity contribution in [3.8, 4) is 5.75 Å². The lowest BCUT2D eigenvalue weighted by Crippen LogP contribution is -2.55. The van der Waals surface area contributed by atoms with Gasteiger partial charge in [0.15, 0.2) is 11.6 Å². The lowest BCUT2D eigenvalue weighted by Gasteiger charge is -2.51. The highest BCUT2D eigenvalue weighted by Crippen LogP contribution is 2.57. The largest absolute Gasteiger partial charge is 0.487 e. The van der Waals surface area contributed by atoms with Gasteiger partial charge in [0.25, 0.3) is 0 Å². The molecule has 2 aliphatic carbocycles. The van der Waals surface area contributed by atoms with Crippen LogP contribution >= 0.6 is 31.9 Å². The summed E-state index contributed by atoms with van der Waals surface area (Å²) in [5, 5.41) is 0. The van der Waals surface area contributed by atoms with Crippen LogP contribution in [0.25, 0.3) is 0 Å². The molecule has 1 nitrogen and oxygen atoms in total. The Hall–Kier alpha value is -0.0900. The van der Waals surface area contributed by atoms with E-state index >= 15 is 0 Å². The summed E-state index contributed by atoms with van der Waals surface area (Å²) in [5.74, 6) is 0.101. The van der Waals surface area contributed by atoms with Crippen LogP contribution in [0.4, 0.5) is 4.39 Å². The summed E-state index contributed by atoms with van der Waals surface area (Å²) in [6.45, 7) is 0. The molecule has 18 heavy (non-hydrogen) atoms. The predicted molar refractivity (Wildman–Crippen MR) is 76.7 cm³/mol. The number of halogens is 3. The molecule has 1 spiro atoms. The van der Waals surface area contributed by atoms with Crippen LogP contribution in [0.1, 0.15) is 32.1 Å². The summed E-state index contributed by atoms with van der Waals surface area (Å²) in [6.07, 6.45) is 6.09. The zero-order valence-corrected chi connectivity index (χ0v) is 13.1. The number of benzene rings is 1. The zero-order valence-electron chi connectivity index (χ0n) is 9.96. The van der Waals surface area contributed by atoms with Gasteiger partial charge in [-0.05, 0) is 37.5 Å². The van der Waals surface area contributed by atoms with E-state index in [1.165, 1.54) is 31.7 Å². The van der Waals surface area contributed by atoms with Gasteiger partial charge in [0.05, 0.1) is 0 Å². The first-order valence-corrected chi connectivity index (χ1v) is 8.08. The van der Waals surface area contributed by atoms with Gasteiger partial charge in [0.1, 0.15) is 6.10 Å². The zero-order chi connectivity index (χ0) is 12.8. The van der Waals surface area contributed by atoms with Crippen molar-refractivity contribution in [3.63, 3.8) is 0 Å². The Morgan fingerprint density at radius 2 is 2.00 bits per heavy atom. The minimum Gasteiger partial charge on any atom is -0.487 e. The molecule has 0 heterocycles. The third-order valence-electron chi connectivity index (χ3n) is 4.38. The highest BCUT2D eigenvalue weighted by atomic mass is 79.9. The lowest BCUT2D eigenvalue weighted by atomic mass is 9.64. The summed E-state index contributed by atoms with van der Waals surface area (Å²) >= 11 is 7.01. The molecular weight excluding hydrogens is 363 g/mol. The van der Waals surface area contributed by atoms with Crippen LogP contribution in [0.3, 0.4) is 0 Å². The molecule has 2 aliphatic rings. The first-order chi connectivity index (χ1) is 8.62. The van der Waals surface area contributed by atoms with Crippen molar-refractivity contribution in [2.24, 2.45) is 5.41 Å². The quantitative estimate of drug-likeness (QED) is 0.654. The molecule has 98 valence electrons. The fraction of sp³-hybridized carbons (Fsp3) is 0.571. The third-order valence-corrected chi connectivity index (χ3v) is 6.16. The molecule has 1 aromatic rings. The molecule has 3 rings (SSSR count). The van der Waals surface area contributed by atoms with E-state index in [4.69, 9.17) is 4.74 Å². The Kier molecular flexibility index (Phi) is 3.43. The summed E-state index contributed by atoms with van der Waals surface area (Å²) in [7, 11) is 0. The van der Waals surface area contributed by atoms with Crippen LogP contribution in [-0.2, 0) is 0 Å². The number of rotatable bonds is 2. The van der Waals surface area contributed by atoms with E-state index in [0.29, 0.717) is 10.6 Å². The van der Waals surface area contributed by atoms with Gasteiger partial charge in [-0.1, -0.05) is 44.7 Å². The van der Waals surface area contributed by atoms with Gasteiger partial charge >= 0.3 is 0 Å². The number of alkyl halides is 1. The lowest BCUT2D eigenvalue weighted by molar-refractivity contribution is -0.0324. The van der Waals surface area contributed by atoms with Crippen molar-refractivity contribution in [2.75, 3.05) is 0 Å². The minimum atomic E-state index is -0.282. The molecule has 0 aliphatic heterocycles. The van der Waals surface area contributed by atoms with Crippen molar-refractivity contribution in [1.82, 2.24) is 0 Å². The van der Waals surface area contributed by atoms with Crippen LogP contribution in [0, 0.1) is 11.2 Å². The Morgan fingerprint density at radius 1 is 1.28 bits per heavy atom. The molecule has 0 radical (unpaired) electrons. The maximum absolute atomic E-state index is 13.8. The third kappa shape index (κ3) is 2.01. The molecule has 2 fully saturated rings. The molecule has 2 saturated carbocycles. The SMILES string of the molecule is Fc1cc(Br)ccc1OC1CC(Br)C12CCCC2. The standard InChI is InChI=1S/C14H15Br2FO/c15-9-3-4-11(10(17)7-9)18-13-8-12(16)14(13)5-1-2-6-14/h3-4,7,12-13H,1-2,5-6,8H2. The smallest absolute Gasteiger partial charge is 0.166 e. The number of ether oxygens (including phenoxy) is 1. The summed E-state index contributed by atoms with van der Waals surface area (Å²) in [5.41, 5.74) is 0.250. The normalized spacial score (nSPS) is 29.3. The Morgan fingerprint density at radius 3 is 2.61 bits per heavy atom. The summed E-state index contributed by atoms with van der Waals surface area (Å²) in [4.78, 5) is 0.538. The molecule has 2 atom stereocenters. The van der Waals surface area contributed by atoms with E-state index in [2.05, 4.69) is 31.9 Å². The monoisotopic (exact) mass is 376 g/mol. The van der Waals surface area contributed by atoms with Crippen molar-refractivity contribution >= 4 is 31.9 Å². The van der Waals surface area contributed by atoms with Crippen LogP contribution < -0.4 is 4.74 Å². The fourth-order valence-corrected chi connectivity index (χ4v) is 4.68. The molecule has 4 heteroatoms.